The lowest BCUT2D eigenvalue weighted by Crippen LogP contribution is -2.66. The van der Waals surface area contributed by atoms with Gasteiger partial charge in [-0.25, -0.2) is 0 Å². The molecule has 0 bridgehead atoms. The molecule has 76 heavy (non-hydrogen) atoms. The van der Waals surface area contributed by atoms with E-state index in [1.54, 1.807) is 18.7 Å². The van der Waals surface area contributed by atoms with Crippen molar-refractivity contribution in [2.45, 2.75) is 242 Å². The molecule has 4 saturated heterocycles. The Balaban J connectivity index is 0.000000445. The predicted octanol–water partition coefficient (Wildman–Crippen LogP) is 14.0. The number of aliphatic hydroxyl groups is 1. The molecule has 4 rings (SSSR count). The van der Waals surface area contributed by atoms with E-state index in [0.29, 0.717) is 34.7 Å². The summed E-state index contributed by atoms with van der Waals surface area (Å²) in [4.78, 5) is 0. The van der Waals surface area contributed by atoms with Gasteiger partial charge in [0.1, 0.15) is 43.4 Å². The van der Waals surface area contributed by atoms with Crippen molar-refractivity contribution >= 4 is 46.0 Å². The van der Waals surface area contributed by atoms with Crippen LogP contribution in [0.25, 0.3) is 0 Å². The van der Waals surface area contributed by atoms with Crippen molar-refractivity contribution in [3.05, 3.63) is 0 Å². The highest BCUT2D eigenvalue weighted by atomic mass is 32.2. The molecule has 0 amide bonds. The summed E-state index contributed by atoms with van der Waals surface area (Å²) in [6.07, 6.45) is -22.6. The minimum atomic E-state index is -5.48. The fraction of sp³-hybridized carbons (Fsp3) is 1.00. The normalized spacial score (nSPS) is 28.2. The van der Waals surface area contributed by atoms with Gasteiger partial charge in [-0.1, -0.05) is 111 Å². The second-order valence-corrected chi connectivity index (χ2v) is 41.0. The Morgan fingerprint density at radius 2 is 0.789 bits per heavy atom. The fourth-order valence-electron chi connectivity index (χ4n) is 10.3. The molecule has 4 heterocycles. The maximum Gasteiger partial charge on any atom is 0.402 e. The monoisotopic (exact) mass is 1220 g/mol. The van der Waals surface area contributed by atoms with Crippen molar-refractivity contribution in [1.82, 2.24) is 0 Å². The minimum absolute atomic E-state index is 0.0101. The van der Waals surface area contributed by atoms with E-state index in [2.05, 4.69) is 96.3 Å². The van der Waals surface area contributed by atoms with Crippen molar-refractivity contribution in [3.8, 4) is 0 Å². The molecule has 0 aliphatic carbocycles. The SMILES string of the molecule is CC(C)[Si]1(C(C)C)OC[C@H]2O[C@@H](C)[C@@H](OCOCC(C(F)(F)F)C(F)(F)F)C2O[Si](C(C)C)(C(C)C)O1.CSCO[C@H]1C2O[Si](C(C)C)(C(C)C)O[Si](C(C)C)(C(C)C)OC[C@H]2O[C@H]1C.OCC(C(F)(F)F)C(F)(F)F. The van der Waals surface area contributed by atoms with Crippen LogP contribution >= 0.6 is 11.8 Å². The fourth-order valence-corrected chi connectivity index (χ4v) is 33.0. The summed E-state index contributed by atoms with van der Waals surface area (Å²) >= 11 is 1.68. The maximum absolute atomic E-state index is 12.8. The molecule has 0 radical (unpaired) electrons. The number of thioether (sulfide) groups is 1. The smallest absolute Gasteiger partial charge is 0.402 e. The summed E-state index contributed by atoms with van der Waals surface area (Å²) in [5.74, 6) is -6.59. The van der Waals surface area contributed by atoms with Crippen LogP contribution in [0.1, 0.15) is 125 Å². The van der Waals surface area contributed by atoms with Crippen molar-refractivity contribution in [2.75, 3.05) is 45.4 Å². The van der Waals surface area contributed by atoms with Crippen LogP contribution in [0.2, 0.25) is 44.3 Å². The Morgan fingerprint density at radius 1 is 0.487 bits per heavy atom. The van der Waals surface area contributed by atoms with E-state index in [1.165, 1.54) is 0 Å². The van der Waals surface area contributed by atoms with Gasteiger partial charge in [-0.15, -0.1) is 11.8 Å². The van der Waals surface area contributed by atoms with Crippen LogP contribution in [0.4, 0.5) is 52.7 Å². The quantitative estimate of drug-likeness (QED) is 0.0644. The zero-order valence-corrected chi connectivity index (χ0v) is 52.3. The van der Waals surface area contributed by atoms with Gasteiger partial charge in [0.25, 0.3) is 0 Å². The lowest BCUT2D eigenvalue weighted by atomic mass is 10.1. The van der Waals surface area contributed by atoms with E-state index in [9.17, 15) is 52.7 Å². The van der Waals surface area contributed by atoms with Crippen LogP contribution < -0.4 is 0 Å². The van der Waals surface area contributed by atoms with Gasteiger partial charge >= 0.3 is 58.9 Å². The van der Waals surface area contributed by atoms with E-state index < -0.39 is 115 Å². The Kier molecular flexibility index (Phi) is 27.0. The van der Waals surface area contributed by atoms with Crippen LogP contribution in [0.3, 0.4) is 0 Å². The lowest BCUT2D eigenvalue weighted by molar-refractivity contribution is -0.299. The molecule has 8 atom stereocenters. The Labute approximate surface area is 451 Å². The van der Waals surface area contributed by atoms with E-state index in [-0.39, 0.29) is 53.2 Å². The topological polar surface area (TPSA) is 122 Å². The number of fused-ring (bicyclic) bond motifs is 2. The summed E-state index contributed by atoms with van der Waals surface area (Å²) in [7, 11) is -10.9. The van der Waals surface area contributed by atoms with Crippen molar-refractivity contribution in [3.63, 3.8) is 0 Å². The van der Waals surface area contributed by atoms with Gasteiger partial charge in [-0.3, -0.25) is 0 Å². The molecule has 4 aliphatic rings. The number of aliphatic hydroxyl groups excluding tert-OH is 1. The standard InChI is InChI=1S/C23H42F6O6Si2.C20H42O5SSi2.C4H4F6O/c1-13(2)36(14(3)4)32-10-18-21(34-37(35-36,15(5)6)16(7)8)20(17(9)33-18)31-12-30-11-19(22(24,25)26)23(27,28)29;1-13(2)27(14(3)4)22-11-18-20(19(17(9)23-18)21-12-26-10)24-28(25-27,15(5)6)16(7)8;5-3(6,7)2(1-11)4(8,9)10/h13-21H,10-12H2,1-9H3;13-20H,11-12H2,1-10H3;2,11H,1H2/t17-,18+,20+,21?;17-,18+,19+,20?;/m00./s1. The largest absolute Gasteiger partial charge is 0.414 e. The Bertz CT molecular complexity index is 1660. The molecule has 1 N–H and O–H groups in total. The third-order valence-electron chi connectivity index (χ3n) is 14.5. The summed E-state index contributed by atoms with van der Waals surface area (Å²) in [6.45, 7) is 34.6. The van der Waals surface area contributed by atoms with Crippen LogP contribution in [-0.2, 0) is 49.6 Å². The number of hydrogen-bond acceptors (Lipinski definition) is 13. The summed E-state index contributed by atoms with van der Waals surface area (Å²) in [6, 6.07) is 0. The molecule has 12 nitrogen and oxygen atoms in total. The molecule has 0 saturated carbocycles. The summed E-state index contributed by atoms with van der Waals surface area (Å²) < 4.78 is 216. The van der Waals surface area contributed by atoms with E-state index in [0.717, 1.165) is 0 Å². The zero-order chi connectivity index (χ0) is 59.1. The van der Waals surface area contributed by atoms with Gasteiger partial charge in [0.05, 0.1) is 44.6 Å². The molecule has 0 spiro atoms. The lowest BCUT2D eigenvalue weighted by Gasteiger charge is -2.51. The van der Waals surface area contributed by atoms with Gasteiger partial charge in [-0.05, 0) is 64.4 Å². The third-order valence-corrected chi connectivity index (χ3v) is 35.4. The molecule has 0 aromatic carbocycles. The highest BCUT2D eigenvalue weighted by Gasteiger charge is 2.64. The van der Waals surface area contributed by atoms with Crippen molar-refractivity contribution < 1.29 is 107 Å². The average Bonchev–Trinajstić information content (AvgIpc) is 3.68. The van der Waals surface area contributed by atoms with Gasteiger partial charge in [-0.2, -0.15) is 52.7 Å². The van der Waals surface area contributed by atoms with Gasteiger partial charge in [0, 0.05) is 0 Å². The van der Waals surface area contributed by atoms with Gasteiger partial charge in [0.15, 0.2) is 11.8 Å². The second-order valence-electron chi connectivity index (χ2n) is 22.5. The summed E-state index contributed by atoms with van der Waals surface area (Å²) in [5.41, 5.74) is 1.63. The average molecular weight is 1220 g/mol. The maximum atomic E-state index is 12.8. The third kappa shape index (κ3) is 17.2. The van der Waals surface area contributed by atoms with Gasteiger partial charge in [0.2, 0.25) is 0 Å². The number of ether oxygens (including phenoxy) is 5. The number of hydrogen-bond donors (Lipinski definition) is 1. The predicted molar refractivity (Wildman–Crippen MR) is 274 cm³/mol. The molecular weight excluding hydrogens is 1130 g/mol. The van der Waals surface area contributed by atoms with E-state index in [4.69, 9.17) is 54.7 Å². The van der Waals surface area contributed by atoms with Crippen molar-refractivity contribution in [1.29, 1.82) is 0 Å². The molecule has 454 valence electrons. The van der Waals surface area contributed by atoms with E-state index >= 15 is 0 Å². The summed E-state index contributed by atoms with van der Waals surface area (Å²) in [5, 5.41) is 7.76. The minimum Gasteiger partial charge on any atom is -0.414 e. The first kappa shape index (κ1) is 72.0. The molecule has 0 aromatic heterocycles. The first-order valence-corrected chi connectivity index (χ1v) is 35.3. The van der Waals surface area contributed by atoms with Crippen LogP contribution in [0.5, 0.6) is 0 Å². The Hall–Kier alpha value is -0.102. The first-order valence-electron chi connectivity index (χ1n) is 26.0. The molecule has 2 unspecified atom stereocenters. The van der Waals surface area contributed by atoms with E-state index in [1.807, 2.05) is 27.7 Å². The van der Waals surface area contributed by atoms with Crippen LogP contribution in [0.15, 0.2) is 0 Å². The zero-order valence-electron chi connectivity index (χ0n) is 47.5. The number of rotatable bonds is 17. The second kappa shape index (κ2) is 28.5. The van der Waals surface area contributed by atoms with Gasteiger partial charge < -0.3 is 54.7 Å². The molecule has 29 heteroatoms. The molecular formula is C47H88F12O12SSi4. The highest BCUT2D eigenvalue weighted by molar-refractivity contribution is 7.98. The Morgan fingerprint density at radius 3 is 1.04 bits per heavy atom. The molecule has 4 aliphatic heterocycles. The van der Waals surface area contributed by atoms with Crippen molar-refractivity contribution in [2.24, 2.45) is 11.8 Å². The number of alkyl halides is 12. The number of halogens is 12. The highest BCUT2D eigenvalue weighted by Crippen LogP contribution is 2.50. The van der Waals surface area contributed by atoms with Crippen LogP contribution in [-0.4, -0.2) is 158 Å². The first-order chi connectivity index (χ1) is 34.5. The molecule has 4 fully saturated rings. The molecule has 0 aromatic rings. The van der Waals surface area contributed by atoms with Crippen LogP contribution in [0, 0.1) is 11.8 Å².